The van der Waals surface area contributed by atoms with Gasteiger partial charge in [0.15, 0.2) is 0 Å². The molecule has 2 unspecified atom stereocenters. The van der Waals surface area contributed by atoms with Crippen LogP contribution in [-0.4, -0.2) is 22.5 Å². The third kappa shape index (κ3) is 2.88. The third-order valence-electron chi connectivity index (χ3n) is 3.73. The fourth-order valence-electron chi connectivity index (χ4n) is 2.67. The smallest absolute Gasteiger partial charge is 0.296 e. The standard InChI is InChI=1S/C13H17N3O4/c14-7-8-2-1-3-10(8)13(18)15-11-5-4-9(17)6-12(11)16(19)20/h4-6,8,10,17H,1-3,7,14H2,(H,15,18). The molecule has 0 heterocycles. The highest BCUT2D eigenvalue weighted by Gasteiger charge is 2.32. The van der Waals surface area contributed by atoms with E-state index in [0.29, 0.717) is 6.54 Å². The van der Waals surface area contributed by atoms with E-state index < -0.39 is 4.92 Å². The number of amides is 1. The highest BCUT2D eigenvalue weighted by molar-refractivity contribution is 5.95. The zero-order valence-corrected chi connectivity index (χ0v) is 10.9. The van der Waals surface area contributed by atoms with Gasteiger partial charge in [-0.05, 0) is 37.4 Å². The van der Waals surface area contributed by atoms with E-state index in [1.807, 2.05) is 0 Å². The molecule has 2 atom stereocenters. The molecule has 2 rings (SSSR count). The minimum absolute atomic E-state index is 0.0977. The van der Waals surface area contributed by atoms with Crippen molar-refractivity contribution in [3.63, 3.8) is 0 Å². The second kappa shape index (κ2) is 5.87. The summed E-state index contributed by atoms with van der Waals surface area (Å²) in [6.45, 7) is 0.440. The van der Waals surface area contributed by atoms with Crippen molar-refractivity contribution in [2.45, 2.75) is 19.3 Å². The predicted molar refractivity (Wildman–Crippen MR) is 73.3 cm³/mol. The fraction of sp³-hybridized carbons (Fsp3) is 0.462. The lowest BCUT2D eigenvalue weighted by atomic mass is 9.95. The summed E-state index contributed by atoms with van der Waals surface area (Å²) in [6.07, 6.45) is 2.60. The van der Waals surface area contributed by atoms with Gasteiger partial charge < -0.3 is 16.2 Å². The van der Waals surface area contributed by atoms with Crippen molar-refractivity contribution < 1.29 is 14.8 Å². The molecule has 1 amide bonds. The predicted octanol–water partition coefficient (Wildman–Crippen LogP) is 1.61. The number of carbonyl (C=O) groups excluding carboxylic acids is 1. The van der Waals surface area contributed by atoms with Crippen molar-refractivity contribution in [3.05, 3.63) is 28.3 Å². The Morgan fingerprint density at radius 1 is 1.50 bits per heavy atom. The minimum Gasteiger partial charge on any atom is -0.508 e. The zero-order valence-electron chi connectivity index (χ0n) is 10.9. The molecule has 1 fully saturated rings. The number of nitrogens with two attached hydrogens (primary N) is 1. The molecule has 7 nitrogen and oxygen atoms in total. The normalized spacial score (nSPS) is 21.6. The highest BCUT2D eigenvalue weighted by atomic mass is 16.6. The number of rotatable bonds is 4. The second-order valence-electron chi connectivity index (χ2n) is 4.98. The van der Waals surface area contributed by atoms with Crippen LogP contribution in [0, 0.1) is 22.0 Å². The molecule has 1 saturated carbocycles. The van der Waals surface area contributed by atoms with Crippen LogP contribution < -0.4 is 11.1 Å². The molecule has 0 bridgehead atoms. The van der Waals surface area contributed by atoms with Crippen molar-refractivity contribution in [3.8, 4) is 5.75 Å². The van der Waals surface area contributed by atoms with Gasteiger partial charge in [0.1, 0.15) is 11.4 Å². The average molecular weight is 279 g/mol. The van der Waals surface area contributed by atoms with Crippen LogP contribution >= 0.6 is 0 Å². The van der Waals surface area contributed by atoms with Gasteiger partial charge in [-0.2, -0.15) is 0 Å². The molecule has 20 heavy (non-hydrogen) atoms. The SMILES string of the molecule is NCC1CCCC1C(=O)Nc1ccc(O)cc1[N+](=O)[O-]. The summed E-state index contributed by atoms with van der Waals surface area (Å²) >= 11 is 0. The lowest BCUT2D eigenvalue weighted by molar-refractivity contribution is -0.384. The zero-order chi connectivity index (χ0) is 14.7. The largest absolute Gasteiger partial charge is 0.508 e. The highest BCUT2D eigenvalue weighted by Crippen LogP contribution is 2.34. The number of anilines is 1. The molecule has 0 spiro atoms. The molecule has 0 aromatic heterocycles. The summed E-state index contributed by atoms with van der Waals surface area (Å²) in [5, 5.41) is 22.8. The molecule has 4 N–H and O–H groups in total. The molecular formula is C13H17N3O4. The first-order valence-electron chi connectivity index (χ1n) is 6.51. The van der Waals surface area contributed by atoms with Gasteiger partial charge in [-0.3, -0.25) is 14.9 Å². The number of phenols is 1. The minimum atomic E-state index is -0.635. The lowest BCUT2D eigenvalue weighted by Gasteiger charge is -2.17. The summed E-state index contributed by atoms with van der Waals surface area (Å²) < 4.78 is 0. The van der Waals surface area contributed by atoms with Gasteiger partial charge in [0, 0.05) is 5.92 Å². The molecule has 1 aliphatic rings. The Morgan fingerprint density at radius 3 is 2.90 bits per heavy atom. The van der Waals surface area contributed by atoms with E-state index in [2.05, 4.69) is 5.32 Å². The number of phenolic OH excluding ortho intramolecular Hbond substituents is 1. The van der Waals surface area contributed by atoms with Crippen molar-refractivity contribution in [2.75, 3.05) is 11.9 Å². The Morgan fingerprint density at radius 2 is 2.25 bits per heavy atom. The monoisotopic (exact) mass is 279 g/mol. The first kappa shape index (κ1) is 14.3. The van der Waals surface area contributed by atoms with E-state index >= 15 is 0 Å². The van der Waals surface area contributed by atoms with E-state index in [4.69, 9.17) is 5.73 Å². The number of hydrogen-bond acceptors (Lipinski definition) is 5. The summed E-state index contributed by atoms with van der Waals surface area (Å²) in [5.74, 6) is -0.526. The number of aromatic hydroxyl groups is 1. The number of nitrogens with zero attached hydrogens (tertiary/aromatic N) is 1. The van der Waals surface area contributed by atoms with Crippen LogP contribution in [0.4, 0.5) is 11.4 Å². The van der Waals surface area contributed by atoms with Crippen LogP contribution in [0.1, 0.15) is 19.3 Å². The van der Waals surface area contributed by atoms with E-state index in [1.54, 1.807) is 0 Å². The summed E-state index contributed by atoms with van der Waals surface area (Å²) in [4.78, 5) is 22.5. The van der Waals surface area contributed by atoms with E-state index in [1.165, 1.54) is 12.1 Å². The van der Waals surface area contributed by atoms with Crippen LogP contribution in [0.25, 0.3) is 0 Å². The van der Waals surface area contributed by atoms with Gasteiger partial charge in [-0.15, -0.1) is 0 Å². The number of nitrogens with one attached hydrogen (secondary N) is 1. The van der Waals surface area contributed by atoms with E-state index in [0.717, 1.165) is 25.3 Å². The maximum atomic E-state index is 12.2. The summed E-state index contributed by atoms with van der Waals surface area (Å²) in [7, 11) is 0. The first-order chi connectivity index (χ1) is 9.52. The van der Waals surface area contributed by atoms with Crippen molar-refractivity contribution >= 4 is 17.3 Å². The van der Waals surface area contributed by atoms with Crippen LogP contribution in [0.15, 0.2) is 18.2 Å². The van der Waals surface area contributed by atoms with E-state index in [-0.39, 0.29) is 34.9 Å². The maximum absolute atomic E-state index is 12.2. The van der Waals surface area contributed by atoms with Crippen LogP contribution in [0.5, 0.6) is 5.75 Å². The molecule has 108 valence electrons. The van der Waals surface area contributed by atoms with Crippen LogP contribution in [-0.2, 0) is 4.79 Å². The fourth-order valence-corrected chi connectivity index (χ4v) is 2.67. The van der Waals surface area contributed by atoms with Gasteiger partial charge in [0.2, 0.25) is 5.91 Å². The second-order valence-corrected chi connectivity index (χ2v) is 4.98. The Bertz CT molecular complexity index is 532. The Balaban J connectivity index is 2.17. The van der Waals surface area contributed by atoms with Gasteiger partial charge in [0.05, 0.1) is 11.0 Å². The molecule has 0 aliphatic heterocycles. The maximum Gasteiger partial charge on any atom is 0.296 e. The molecule has 7 heteroatoms. The quantitative estimate of drug-likeness (QED) is 0.439. The Labute approximate surface area is 115 Å². The van der Waals surface area contributed by atoms with Gasteiger partial charge in [-0.25, -0.2) is 0 Å². The van der Waals surface area contributed by atoms with Gasteiger partial charge in [0.25, 0.3) is 5.69 Å². The first-order valence-corrected chi connectivity index (χ1v) is 6.51. The molecule has 0 radical (unpaired) electrons. The van der Waals surface area contributed by atoms with E-state index in [9.17, 15) is 20.0 Å². The number of nitro groups is 1. The van der Waals surface area contributed by atoms with Crippen LogP contribution in [0.3, 0.4) is 0 Å². The Hall–Kier alpha value is -2.15. The van der Waals surface area contributed by atoms with Gasteiger partial charge in [-0.1, -0.05) is 6.42 Å². The van der Waals surface area contributed by atoms with Crippen LogP contribution in [0.2, 0.25) is 0 Å². The molecule has 1 aromatic rings. The Kier molecular flexibility index (Phi) is 4.19. The average Bonchev–Trinajstić information content (AvgIpc) is 2.89. The molecule has 1 aromatic carbocycles. The van der Waals surface area contributed by atoms with Crippen molar-refractivity contribution in [1.29, 1.82) is 0 Å². The number of nitro benzene ring substituents is 1. The van der Waals surface area contributed by atoms with Gasteiger partial charge >= 0.3 is 0 Å². The summed E-state index contributed by atoms with van der Waals surface area (Å²) in [6, 6.07) is 3.65. The number of benzene rings is 1. The molecule has 1 aliphatic carbocycles. The van der Waals surface area contributed by atoms with Crippen molar-refractivity contribution in [1.82, 2.24) is 0 Å². The molecular weight excluding hydrogens is 262 g/mol. The lowest BCUT2D eigenvalue weighted by Crippen LogP contribution is -2.29. The van der Waals surface area contributed by atoms with Crippen molar-refractivity contribution in [2.24, 2.45) is 17.6 Å². The third-order valence-corrected chi connectivity index (χ3v) is 3.73. The summed E-state index contributed by atoms with van der Waals surface area (Å²) in [5.41, 5.74) is 5.41. The molecule has 0 saturated heterocycles. The topological polar surface area (TPSA) is 118 Å². The number of carbonyl (C=O) groups is 1. The number of hydrogen-bond donors (Lipinski definition) is 3.